The Balaban J connectivity index is 3.28. The zero-order chi connectivity index (χ0) is 10.7. The summed E-state index contributed by atoms with van der Waals surface area (Å²) >= 11 is 8.83. The molecule has 0 radical (unpaired) electrons. The molecular formula is C8H7BrClNO3. The first-order valence-corrected chi connectivity index (χ1v) is 4.99. The molecule has 4 nitrogen and oxygen atoms in total. The minimum absolute atomic E-state index is 0.133. The van der Waals surface area contributed by atoms with Gasteiger partial charge < -0.3 is 4.74 Å². The van der Waals surface area contributed by atoms with Crippen molar-refractivity contribution in [2.24, 2.45) is 0 Å². The molecule has 0 atom stereocenters. The van der Waals surface area contributed by atoms with E-state index in [1.165, 1.54) is 6.07 Å². The number of ether oxygens (including phenoxy) is 1. The van der Waals surface area contributed by atoms with Gasteiger partial charge in [-0.05, 0) is 28.9 Å². The fraction of sp³-hybridized carbons (Fsp3) is 0.250. The van der Waals surface area contributed by atoms with Gasteiger partial charge in [-0.15, -0.1) is 0 Å². The molecule has 1 aromatic rings. The van der Waals surface area contributed by atoms with Gasteiger partial charge in [-0.3, -0.25) is 10.1 Å². The average molecular weight is 281 g/mol. The van der Waals surface area contributed by atoms with Crippen LogP contribution in [0.1, 0.15) is 6.92 Å². The quantitative estimate of drug-likeness (QED) is 0.630. The van der Waals surface area contributed by atoms with Crippen LogP contribution in [0.25, 0.3) is 0 Å². The van der Waals surface area contributed by atoms with Crippen LogP contribution in [0.15, 0.2) is 16.6 Å². The molecule has 76 valence electrons. The van der Waals surface area contributed by atoms with Crippen LogP contribution in [0.2, 0.25) is 5.02 Å². The zero-order valence-corrected chi connectivity index (χ0v) is 9.63. The first-order valence-electron chi connectivity index (χ1n) is 3.82. The zero-order valence-electron chi connectivity index (χ0n) is 7.29. The molecule has 0 saturated carbocycles. The summed E-state index contributed by atoms with van der Waals surface area (Å²) in [7, 11) is 0. The molecule has 0 aliphatic rings. The minimum Gasteiger partial charge on any atom is -0.486 e. The molecule has 0 saturated heterocycles. The molecule has 14 heavy (non-hydrogen) atoms. The Bertz CT molecular complexity index is 370. The van der Waals surface area contributed by atoms with Crippen molar-refractivity contribution in [2.75, 3.05) is 6.61 Å². The maximum Gasteiger partial charge on any atom is 0.313 e. The van der Waals surface area contributed by atoms with Gasteiger partial charge in [0.2, 0.25) is 5.75 Å². The van der Waals surface area contributed by atoms with Crippen LogP contribution < -0.4 is 4.74 Å². The number of benzene rings is 1. The van der Waals surface area contributed by atoms with Gasteiger partial charge in [0.15, 0.2) is 0 Å². The SMILES string of the molecule is CCOc1c(Br)cc(Cl)cc1[N+](=O)[O-]. The molecule has 0 aromatic heterocycles. The molecule has 6 heteroatoms. The summed E-state index contributed by atoms with van der Waals surface area (Å²) in [5.41, 5.74) is -0.133. The van der Waals surface area contributed by atoms with E-state index < -0.39 is 4.92 Å². The predicted octanol–water partition coefficient (Wildman–Crippen LogP) is 3.41. The van der Waals surface area contributed by atoms with E-state index in [9.17, 15) is 10.1 Å². The standard InChI is InChI=1S/C8H7BrClNO3/c1-2-14-8-6(9)3-5(10)4-7(8)11(12)13/h3-4H,2H2,1H3. The molecular weight excluding hydrogens is 273 g/mol. The van der Waals surface area contributed by atoms with Gasteiger partial charge in [-0.1, -0.05) is 11.6 Å². The minimum atomic E-state index is -0.526. The molecule has 0 heterocycles. The van der Waals surface area contributed by atoms with Crippen molar-refractivity contribution in [3.8, 4) is 5.75 Å². The van der Waals surface area contributed by atoms with Gasteiger partial charge in [0.05, 0.1) is 16.0 Å². The second-order valence-corrected chi connectivity index (χ2v) is 3.72. The van der Waals surface area contributed by atoms with Gasteiger partial charge in [-0.25, -0.2) is 0 Å². The Morgan fingerprint density at radius 3 is 2.79 bits per heavy atom. The van der Waals surface area contributed by atoms with Crippen LogP contribution in [0.3, 0.4) is 0 Å². The van der Waals surface area contributed by atoms with Crippen LogP contribution >= 0.6 is 27.5 Å². The molecule has 1 aromatic carbocycles. The summed E-state index contributed by atoms with van der Waals surface area (Å²) in [6.07, 6.45) is 0. The molecule has 0 spiro atoms. The summed E-state index contributed by atoms with van der Waals surface area (Å²) in [6.45, 7) is 2.12. The van der Waals surface area contributed by atoms with E-state index in [4.69, 9.17) is 16.3 Å². The summed E-state index contributed by atoms with van der Waals surface area (Å²) in [5.74, 6) is 0.210. The van der Waals surface area contributed by atoms with Gasteiger partial charge in [0.25, 0.3) is 0 Å². The van der Waals surface area contributed by atoms with E-state index in [-0.39, 0.29) is 11.4 Å². The molecule has 0 bridgehead atoms. The fourth-order valence-electron chi connectivity index (χ4n) is 0.970. The van der Waals surface area contributed by atoms with Crippen LogP contribution in [-0.2, 0) is 0 Å². The Hall–Kier alpha value is -0.810. The lowest BCUT2D eigenvalue weighted by molar-refractivity contribution is -0.385. The molecule has 1 rings (SSSR count). The molecule has 0 N–H and O–H groups in total. The van der Waals surface area contributed by atoms with Crippen molar-refractivity contribution in [1.29, 1.82) is 0 Å². The second kappa shape index (κ2) is 4.61. The molecule has 0 aliphatic carbocycles. The highest BCUT2D eigenvalue weighted by Crippen LogP contribution is 2.37. The van der Waals surface area contributed by atoms with Crippen molar-refractivity contribution < 1.29 is 9.66 Å². The number of nitrogens with zero attached hydrogens (tertiary/aromatic N) is 1. The van der Waals surface area contributed by atoms with Crippen LogP contribution in [0, 0.1) is 10.1 Å². The molecule has 0 fully saturated rings. The monoisotopic (exact) mass is 279 g/mol. The van der Waals surface area contributed by atoms with Gasteiger partial charge >= 0.3 is 5.69 Å². The highest BCUT2D eigenvalue weighted by molar-refractivity contribution is 9.10. The van der Waals surface area contributed by atoms with Crippen molar-refractivity contribution in [1.82, 2.24) is 0 Å². The Labute approximate surface area is 94.1 Å². The van der Waals surface area contributed by atoms with Crippen LogP contribution in [0.5, 0.6) is 5.75 Å². The summed E-state index contributed by atoms with van der Waals surface area (Å²) < 4.78 is 5.62. The second-order valence-electron chi connectivity index (χ2n) is 2.43. The third-order valence-electron chi connectivity index (χ3n) is 1.47. The highest BCUT2D eigenvalue weighted by Gasteiger charge is 2.19. The molecule has 0 amide bonds. The maximum absolute atomic E-state index is 10.6. The van der Waals surface area contributed by atoms with E-state index in [1.807, 2.05) is 0 Å². The lowest BCUT2D eigenvalue weighted by Crippen LogP contribution is -1.98. The van der Waals surface area contributed by atoms with Crippen LogP contribution in [0.4, 0.5) is 5.69 Å². The number of nitro benzene ring substituents is 1. The smallest absolute Gasteiger partial charge is 0.313 e. The summed E-state index contributed by atoms with van der Waals surface area (Å²) in [5, 5.41) is 10.9. The van der Waals surface area contributed by atoms with Gasteiger partial charge in [0.1, 0.15) is 0 Å². The Morgan fingerprint density at radius 2 is 2.29 bits per heavy atom. The number of hydrogen-bond donors (Lipinski definition) is 0. The highest BCUT2D eigenvalue weighted by atomic mass is 79.9. The first kappa shape index (κ1) is 11.3. The number of halogens is 2. The third kappa shape index (κ3) is 2.36. The fourth-order valence-corrected chi connectivity index (χ4v) is 1.88. The lowest BCUT2D eigenvalue weighted by Gasteiger charge is -2.06. The number of nitro groups is 1. The Kier molecular flexibility index (Phi) is 3.71. The van der Waals surface area contributed by atoms with Crippen LogP contribution in [-0.4, -0.2) is 11.5 Å². The third-order valence-corrected chi connectivity index (χ3v) is 2.28. The molecule has 0 unspecified atom stereocenters. The summed E-state index contributed by atoms with van der Waals surface area (Å²) in [4.78, 5) is 10.1. The van der Waals surface area contributed by atoms with Crippen molar-refractivity contribution in [3.05, 3.63) is 31.7 Å². The van der Waals surface area contributed by atoms with Gasteiger partial charge in [0, 0.05) is 11.1 Å². The van der Waals surface area contributed by atoms with E-state index in [2.05, 4.69) is 15.9 Å². The summed E-state index contributed by atoms with van der Waals surface area (Å²) in [6, 6.07) is 2.82. The van der Waals surface area contributed by atoms with Crippen molar-refractivity contribution in [3.63, 3.8) is 0 Å². The van der Waals surface area contributed by atoms with E-state index >= 15 is 0 Å². The average Bonchev–Trinajstić information content (AvgIpc) is 2.09. The van der Waals surface area contributed by atoms with Crippen molar-refractivity contribution >= 4 is 33.2 Å². The maximum atomic E-state index is 10.6. The lowest BCUT2D eigenvalue weighted by atomic mass is 10.3. The predicted molar refractivity (Wildman–Crippen MR) is 57.0 cm³/mol. The van der Waals surface area contributed by atoms with Crippen molar-refractivity contribution in [2.45, 2.75) is 6.92 Å². The van der Waals surface area contributed by atoms with E-state index in [0.29, 0.717) is 16.1 Å². The normalized spacial score (nSPS) is 9.93. The van der Waals surface area contributed by atoms with E-state index in [1.54, 1.807) is 13.0 Å². The first-order chi connectivity index (χ1) is 6.56. The van der Waals surface area contributed by atoms with Gasteiger partial charge in [-0.2, -0.15) is 0 Å². The van der Waals surface area contributed by atoms with E-state index in [0.717, 1.165) is 0 Å². The largest absolute Gasteiger partial charge is 0.486 e. The topological polar surface area (TPSA) is 52.4 Å². The Morgan fingerprint density at radius 1 is 1.64 bits per heavy atom. The number of hydrogen-bond acceptors (Lipinski definition) is 3. The number of rotatable bonds is 3. The molecule has 0 aliphatic heterocycles.